The molecule has 0 saturated heterocycles. The molecule has 112 valence electrons. The first-order valence-electron chi connectivity index (χ1n) is 4.30. The van der Waals surface area contributed by atoms with Crippen LogP contribution in [0.25, 0.3) is 0 Å². The van der Waals surface area contributed by atoms with E-state index in [9.17, 15) is 43.9 Å². The summed E-state index contributed by atoms with van der Waals surface area (Å²) in [6, 6.07) is 0. The maximum absolute atomic E-state index is 12.9. The Hall–Kier alpha value is -1.94. The maximum Gasteiger partial charge on any atom is 0.459 e. The minimum Gasteiger partial charge on any atom is -0.420 e. The Kier molecular flexibility index (Phi) is 4.20. The highest BCUT2D eigenvalue weighted by atomic mass is 19.3. The summed E-state index contributed by atoms with van der Waals surface area (Å²) in [7, 11) is 0. The van der Waals surface area contributed by atoms with Gasteiger partial charge < -0.3 is 4.74 Å². The van der Waals surface area contributed by atoms with Gasteiger partial charge in [0.2, 0.25) is 34.8 Å². The van der Waals surface area contributed by atoms with E-state index in [2.05, 4.69) is 4.74 Å². The maximum atomic E-state index is 12.9. The van der Waals surface area contributed by atoms with Crippen LogP contribution in [0.1, 0.15) is 0 Å². The lowest BCUT2D eigenvalue weighted by Gasteiger charge is -2.17. The van der Waals surface area contributed by atoms with Crippen molar-refractivity contribution in [3.8, 4) is 5.75 Å². The molecule has 0 aromatic heterocycles. The normalized spacial score (nSPS) is 11.5. The summed E-state index contributed by atoms with van der Waals surface area (Å²) in [5.74, 6) is -19.9. The molecule has 1 rings (SSSR count). The van der Waals surface area contributed by atoms with Crippen LogP contribution < -0.4 is 4.74 Å². The predicted molar refractivity (Wildman–Crippen MR) is 42.2 cm³/mol. The van der Waals surface area contributed by atoms with Crippen molar-refractivity contribution < 1.29 is 48.6 Å². The van der Waals surface area contributed by atoms with Crippen molar-refractivity contribution in [2.24, 2.45) is 0 Å². The van der Waals surface area contributed by atoms with E-state index in [1.807, 2.05) is 0 Å². The SMILES string of the molecule is FC(F)=C(F)C(F)(F)Oc1c(F)c(F)c(F)c(F)c1F. The number of alkyl halides is 2. The lowest BCUT2D eigenvalue weighted by Crippen LogP contribution is -2.27. The molecule has 1 aromatic rings. The molecule has 0 fully saturated rings. The van der Waals surface area contributed by atoms with E-state index in [0.717, 1.165) is 0 Å². The summed E-state index contributed by atoms with van der Waals surface area (Å²) in [6.07, 6.45) is -9.23. The number of rotatable bonds is 3. The smallest absolute Gasteiger partial charge is 0.420 e. The van der Waals surface area contributed by atoms with Gasteiger partial charge in [-0.25, -0.2) is 13.2 Å². The Morgan fingerprint density at radius 3 is 1.40 bits per heavy atom. The average molecular weight is 314 g/mol. The first kappa shape index (κ1) is 16.1. The summed E-state index contributed by atoms with van der Waals surface area (Å²) in [5, 5.41) is 0. The molecule has 0 aliphatic heterocycles. The molecular weight excluding hydrogens is 314 g/mol. The van der Waals surface area contributed by atoms with Gasteiger partial charge in [-0.05, 0) is 0 Å². The van der Waals surface area contributed by atoms with Crippen molar-refractivity contribution in [3.05, 3.63) is 41.0 Å². The second kappa shape index (κ2) is 5.21. The third-order valence-electron chi connectivity index (χ3n) is 1.82. The van der Waals surface area contributed by atoms with Gasteiger partial charge in [0.05, 0.1) is 0 Å². The highest BCUT2D eigenvalue weighted by molar-refractivity contribution is 5.30. The van der Waals surface area contributed by atoms with E-state index < -0.39 is 52.9 Å². The molecule has 1 aromatic carbocycles. The molecule has 0 aliphatic carbocycles. The van der Waals surface area contributed by atoms with Crippen LogP contribution in [-0.2, 0) is 0 Å². The third-order valence-corrected chi connectivity index (χ3v) is 1.82. The molecule has 0 radical (unpaired) electrons. The minimum absolute atomic E-state index is 2.59. The average Bonchev–Trinajstić information content (AvgIpc) is 2.38. The minimum atomic E-state index is -5.63. The zero-order valence-electron chi connectivity index (χ0n) is 8.69. The zero-order chi connectivity index (χ0) is 15.8. The number of hydrogen-bond acceptors (Lipinski definition) is 1. The fraction of sp³-hybridized carbons (Fsp3) is 0.111. The summed E-state index contributed by atoms with van der Waals surface area (Å²) < 4.78 is 127. The second-order valence-electron chi connectivity index (χ2n) is 3.09. The van der Waals surface area contributed by atoms with Gasteiger partial charge in [0.25, 0.3) is 5.83 Å². The van der Waals surface area contributed by atoms with Gasteiger partial charge in [0.15, 0.2) is 0 Å². The Balaban J connectivity index is 3.41. The van der Waals surface area contributed by atoms with E-state index in [-0.39, 0.29) is 0 Å². The molecule has 0 aliphatic rings. The number of benzene rings is 1. The monoisotopic (exact) mass is 314 g/mol. The van der Waals surface area contributed by atoms with Crippen molar-refractivity contribution in [1.29, 1.82) is 0 Å². The van der Waals surface area contributed by atoms with Gasteiger partial charge in [0, 0.05) is 0 Å². The van der Waals surface area contributed by atoms with Gasteiger partial charge in [-0.3, -0.25) is 0 Å². The molecule has 0 saturated carbocycles. The first-order valence-corrected chi connectivity index (χ1v) is 4.30. The highest BCUT2D eigenvalue weighted by Crippen LogP contribution is 2.36. The molecule has 0 unspecified atom stereocenters. The van der Waals surface area contributed by atoms with Crippen molar-refractivity contribution in [2.75, 3.05) is 0 Å². The summed E-state index contributed by atoms with van der Waals surface area (Å²) in [5.41, 5.74) is 0. The van der Waals surface area contributed by atoms with Gasteiger partial charge in [-0.2, -0.15) is 30.7 Å². The van der Waals surface area contributed by atoms with Gasteiger partial charge in [-0.1, -0.05) is 0 Å². The second-order valence-corrected chi connectivity index (χ2v) is 3.09. The molecule has 20 heavy (non-hydrogen) atoms. The van der Waals surface area contributed by atoms with Crippen LogP contribution in [-0.4, -0.2) is 6.11 Å². The fourth-order valence-electron chi connectivity index (χ4n) is 0.957. The van der Waals surface area contributed by atoms with Gasteiger partial charge >= 0.3 is 12.2 Å². The van der Waals surface area contributed by atoms with Gasteiger partial charge in [-0.15, -0.1) is 0 Å². The van der Waals surface area contributed by atoms with Crippen LogP contribution >= 0.6 is 0 Å². The summed E-state index contributed by atoms with van der Waals surface area (Å²) in [4.78, 5) is 0. The van der Waals surface area contributed by atoms with E-state index in [0.29, 0.717) is 0 Å². The molecule has 1 nitrogen and oxygen atoms in total. The van der Waals surface area contributed by atoms with Gasteiger partial charge in [0.1, 0.15) is 0 Å². The standard InChI is InChI=1S/C9F10O/c10-1-2(11)4(13)6(5(14)3(1)12)20-9(18,19)7(15)8(16)17. The number of halogens is 10. The van der Waals surface area contributed by atoms with E-state index >= 15 is 0 Å². The molecule has 0 amide bonds. The molecule has 0 heterocycles. The number of hydrogen-bond donors (Lipinski definition) is 0. The van der Waals surface area contributed by atoms with Crippen LogP contribution in [0.15, 0.2) is 11.9 Å². The summed E-state index contributed by atoms with van der Waals surface area (Å²) in [6.45, 7) is 0. The van der Waals surface area contributed by atoms with Crippen molar-refractivity contribution in [3.63, 3.8) is 0 Å². The largest absolute Gasteiger partial charge is 0.459 e. The molecular formula is C9F10O. The lowest BCUT2D eigenvalue weighted by molar-refractivity contribution is -0.163. The van der Waals surface area contributed by atoms with Crippen molar-refractivity contribution in [1.82, 2.24) is 0 Å². The molecule has 11 heteroatoms. The topological polar surface area (TPSA) is 9.23 Å². The van der Waals surface area contributed by atoms with Crippen LogP contribution in [0.4, 0.5) is 43.9 Å². The van der Waals surface area contributed by atoms with Crippen molar-refractivity contribution in [2.45, 2.75) is 6.11 Å². The van der Waals surface area contributed by atoms with Crippen molar-refractivity contribution >= 4 is 0 Å². The van der Waals surface area contributed by atoms with Crippen LogP contribution in [0, 0.1) is 29.1 Å². The Morgan fingerprint density at radius 2 is 1.05 bits per heavy atom. The molecule has 0 atom stereocenters. The molecule has 0 N–H and O–H groups in total. The van der Waals surface area contributed by atoms with E-state index in [4.69, 9.17) is 0 Å². The fourth-order valence-corrected chi connectivity index (χ4v) is 0.957. The summed E-state index contributed by atoms with van der Waals surface area (Å²) >= 11 is 0. The Bertz CT molecular complexity index is 546. The molecule has 0 bridgehead atoms. The van der Waals surface area contributed by atoms with E-state index in [1.54, 1.807) is 0 Å². The van der Waals surface area contributed by atoms with Crippen LogP contribution in [0.5, 0.6) is 5.75 Å². The number of ether oxygens (including phenoxy) is 1. The predicted octanol–water partition coefficient (Wildman–Crippen LogP) is 4.43. The molecule has 0 spiro atoms. The Morgan fingerprint density at radius 1 is 0.700 bits per heavy atom. The third kappa shape index (κ3) is 2.65. The van der Waals surface area contributed by atoms with Crippen LogP contribution in [0.2, 0.25) is 0 Å². The quantitative estimate of drug-likeness (QED) is 0.455. The van der Waals surface area contributed by atoms with E-state index in [1.165, 1.54) is 0 Å². The lowest BCUT2D eigenvalue weighted by atomic mass is 10.2. The Labute approximate surface area is 103 Å². The van der Waals surface area contributed by atoms with Crippen LogP contribution in [0.3, 0.4) is 0 Å². The highest BCUT2D eigenvalue weighted by Gasteiger charge is 2.45. The zero-order valence-corrected chi connectivity index (χ0v) is 8.69. The first-order chi connectivity index (χ1) is 9.00.